The summed E-state index contributed by atoms with van der Waals surface area (Å²) in [5.41, 5.74) is 5.59. The largest absolute Gasteiger partial charge is 0.393 e. The molecular formula is C13H24N2OS. The van der Waals surface area contributed by atoms with Crippen molar-refractivity contribution in [2.24, 2.45) is 17.1 Å². The molecule has 1 fully saturated rings. The number of carbonyl (C=O) groups excluding carboxylic acids is 1. The number of nitrogens with zero attached hydrogens (tertiary/aromatic N) is 1. The van der Waals surface area contributed by atoms with Gasteiger partial charge in [-0.05, 0) is 25.7 Å². The fraction of sp³-hybridized carbons (Fsp3) is 0.846. The van der Waals surface area contributed by atoms with Gasteiger partial charge in [-0.2, -0.15) is 0 Å². The minimum atomic E-state index is -0.0974. The molecule has 0 aromatic rings. The van der Waals surface area contributed by atoms with Crippen LogP contribution in [0.15, 0.2) is 0 Å². The SMILES string of the molecule is CC1CCCN(CCCC(C)(C)C(N)=S)C1=O. The Balaban J connectivity index is 2.36. The predicted octanol–water partition coefficient (Wildman–Crippen LogP) is 2.34. The Kier molecular flexibility index (Phi) is 4.92. The first kappa shape index (κ1) is 14.4. The van der Waals surface area contributed by atoms with E-state index in [0.717, 1.165) is 38.8 Å². The summed E-state index contributed by atoms with van der Waals surface area (Å²) in [6.07, 6.45) is 4.09. The lowest BCUT2D eigenvalue weighted by Crippen LogP contribution is -2.41. The average Bonchev–Trinajstić information content (AvgIpc) is 2.24. The van der Waals surface area contributed by atoms with Gasteiger partial charge >= 0.3 is 0 Å². The lowest BCUT2D eigenvalue weighted by atomic mass is 9.87. The van der Waals surface area contributed by atoms with E-state index in [0.29, 0.717) is 10.9 Å². The Morgan fingerprint density at radius 2 is 2.24 bits per heavy atom. The zero-order chi connectivity index (χ0) is 13.1. The minimum Gasteiger partial charge on any atom is -0.393 e. The van der Waals surface area contributed by atoms with Gasteiger partial charge in [0.15, 0.2) is 0 Å². The van der Waals surface area contributed by atoms with Crippen LogP contribution in [0.5, 0.6) is 0 Å². The Morgan fingerprint density at radius 1 is 1.59 bits per heavy atom. The van der Waals surface area contributed by atoms with E-state index < -0.39 is 0 Å². The van der Waals surface area contributed by atoms with Gasteiger partial charge in [-0.25, -0.2) is 0 Å². The number of amides is 1. The molecule has 1 saturated heterocycles. The number of likely N-dealkylation sites (tertiary alicyclic amines) is 1. The van der Waals surface area contributed by atoms with Gasteiger partial charge in [0.1, 0.15) is 0 Å². The fourth-order valence-electron chi connectivity index (χ4n) is 2.19. The lowest BCUT2D eigenvalue weighted by molar-refractivity contribution is -0.137. The molecule has 1 unspecified atom stereocenters. The van der Waals surface area contributed by atoms with Crippen LogP contribution in [0, 0.1) is 11.3 Å². The summed E-state index contributed by atoms with van der Waals surface area (Å²) < 4.78 is 0. The number of carbonyl (C=O) groups is 1. The van der Waals surface area contributed by atoms with Crippen molar-refractivity contribution in [2.75, 3.05) is 13.1 Å². The quantitative estimate of drug-likeness (QED) is 0.768. The highest BCUT2D eigenvalue weighted by atomic mass is 32.1. The molecule has 0 bridgehead atoms. The summed E-state index contributed by atoms with van der Waals surface area (Å²) in [5, 5.41) is 0. The number of rotatable bonds is 5. The summed E-state index contributed by atoms with van der Waals surface area (Å²) >= 11 is 5.04. The third-order valence-electron chi connectivity index (χ3n) is 3.70. The van der Waals surface area contributed by atoms with Crippen molar-refractivity contribution in [3.05, 3.63) is 0 Å². The maximum absolute atomic E-state index is 11.9. The molecule has 1 aliphatic rings. The van der Waals surface area contributed by atoms with Crippen molar-refractivity contribution >= 4 is 23.1 Å². The highest BCUT2D eigenvalue weighted by Crippen LogP contribution is 2.24. The maximum Gasteiger partial charge on any atom is 0.225 e. The number of hydrogen-bond acceptors (Lipinski definition) is 2. The van der Waals surface area contributed by atoms with Gasteiger partial charge in [-0.1, -0.05) is 33.0 Å². The number of thiocarbonyl (C=S) groups is 1. The Morgan fingerprint density at radius 3 is 2.82 bits per heavy atom. The molecular weight excluding hydrogens is 232 g/mol. The molecule has 0 aromatic carbocycles. The number of hydrogen-bond donors (Lipinski definition) is 1. The van der Waals surface area contributed by atoms with Crippen molar-refractivity contribution in [1.29, 1.82) is 0 Å². The van der Waals surface area contributed by atoms with E-state index in [-0.39, 0.29) is 11.3 Å². The van der Waals surface area contributed by atoms with E-state index in [1.807, 2.05) is 11.8 Å². The zero-order valence-corrected chi connectivity index (χ0v) is 12.0. The molecule has 0 aliphatic carbocycles. The minimum absolute atomic E-state index is 0.0974. The van der Waals surface area contributed by atoms with E-state index in [1.54, 1.807) is 0 Å². The van der Waals surface area contributed by atoms with Gasteiger partial charge in [0.2, 0.25) is 5.91 Å². The zero-order valence-electron chi connectivity index (χ0n) is 11.2. The monoisotopic (exact) mass is 256 g/mol. The predicted molar refractivity (Wildman–Crippen MR) is 74.8 cm³/mol. The van der Waals surface area contributed by atoms with Gasteiger partial charge in [-0.15, -0.1) is 0 Å². The molecule has 1 aliphatic heterocycles. The van der Waals surface area contributed by atoms with Gasteiger partial charge in [0.25, 0.3) is 0 Å². The molecule has 3 nitrogen and oxygen atoms in total. The smallest absolute Gasteiger partial charge is 0.225 e. The molecule has 1 amide bonds. The Bertz CT molecular complexity index is 302. The number of piperidine rings is 1. The first-order chi connectivity index (χ1) is 7.84. The summed E-state index contributed by atoms with van der Waals surface area (Å²) in [4.78, 5) is 14.4. The second kappa shape index (κ2) is 5.80. The summed E-state index contributed by atoms with van der Waals surface area (Å²) in [6.45, 7) is 7.91. The molecule has 0 aromatic heterocycles. The fourth-order valence-corrected chi connectivity index (χ4v) is 2.29. The van der Waals surface area contributed by atoms with E-state index in [4.69, 9.17) is 18.0 Å². The van der Waals surface area contributed by atoms with Crippen LogP contribution in [0.1, 0.15) is 46.5 Å². The third kappa shape index (κ3) is 3.95. The summed E-state index contributed by atoms with van der Waals surface area (Å²) in [7, 11) is 0. The van der Waals surface area contributed by atoms with E-state index in [9.17, 15) is 4.79 Å². The van der Waals surface area contributed by atoms with Crippen LogP contribution in [0.2, 0.25) is 0 Å². The van der Waals surface area contributed by atoms with Crippen LogP contribution in [0.3, 0.4) is 0 Å². The summed E-state index contributed by atoms with van der Waals surface area (Å²) in [6, 6.07) is 0. The molecule has 2 N–H and O–H groups in total. The molecule has 0 radical (unpaired) electrons. The van der Waals surface area contributed by atoms with Gasteiger partial charge in [0.05, 0.1) is 4.99 Å². The normalized spacial score (nSPS) is 21.7. The lowest BCUT2D eigenvalue weighted by Gasteiger charge is -2.32. The average molecular weight is 256 g/mol. The van der Waals surface area contributed by atoms with Crippen LogP contribution in [-0.4, -0.2) is 28.9 Å². The van der Waals surface area contributed by atoms with Crippen LogP contribution in [0.4, 0.5) is 0 Å². The standard InChI is InChI=1S/C13H24N2OS/c1-10-6-4-8-15(11(10)16)9-5-7-13(2,3)12(14)17/h10H,4-9H2,1-3H3,(H2,14,17). The maximum atomic E-state index is 11.9. The molecule has 1 heterocycles. The van der Waals surface area contributed by atoms with Crippen molar-refractivity contribution in [2.45, 2.75) is 46.5 Å². The van der Waals surface area contributed by atoms with Crippen LogP contribution < -0.4 is 5.73 Å². The second-order valence-electron chi connectivity index (χ2n) is 5.72. The highest BCUT2D eigenvalue weighted by Gasteiger charge is 2.26. The third-order valence-corrected chi connectivity index (χ3v) is 4.25. The van der Waals surface area contributed by atoms with Crippen molar-refractivity contribution in [3.63, 3.8) is 0 Å². The van der Waals surface area contributed by atoms with Gasteiger partial charge < -0.3 is 10.6 Å². The topological polar surface area (TPSA) is 46.3 Å². The first-order valence-corrected chi connectivity index (χ1v) is 6.84. The summed E-state index contributed by atoms with van der Waals surface area (Å²) in [5.74, 6) is 0.511. The van der Waals surface area contributed by atoms with E-state index in [1.165, 1.54) is 0 Å². The van der Waals surface area contributed by atoms with E-state index in [2.05, 4.69) is 13.8 Å². The molecule has 98 valence electrons. The molecule has 0 saturated carbocycles. The highest BCUT2D eigenvalue weighted by molar-refractivity contribution is 7.80. The molecule has 17 heavy (non-hydrogen) atoms. The Labute approximate surface area is 110 Å². The van der Waals surface area contributed by atoms with Gasteiger partial charge in [-0.3, -0.25) is 4.79 Å². The molecule has 1 atom stereocenters. The molecule has 4 heteroatoms. The second-order valence-corrected chi connectivity index (χ2v) is 6.16. The van der Waals surface area contributed by atoms with Crippen LogP contribution in [0.25, 0.3) is 0 Å². The van der Waals surface area contributed by atoms with Crippen LogP contribution >= 0.6 is 12.2 Å². The Hall–Kier alpha value is -0.640. The van der Waals surface area contributed by atoms with Crippen molar-refractivity contribution < 1.29 is 4.79 Å². The molecule has 1 rings (SSSR count). The van der Waals surface area contributed by atoms with Gasteiger partial charge in [0, 0.05) is 24.4 Å². The van der Waals surface area contributed by atoms with Crippen molar-refractivity contribution in [1.82, 2.24) is 4.90 Å². The van der Waals surface area contributed by atoms with Crippen LogP contribution in [-0.2, 0) is 4.79 Å². The van der Waals surface area contributed by atoms with E-state index >= 15 is 0 Å². The molecule has 0 spiro atoms. The first-order valence-electron chi connectivity index (χ1n) is 6.43. The van der Waals surface area contributed by atoms with Crippen molar-refractivity contribution in [3.8, 4) is 0 Å². The number of nitrogens with two attached hydrogens (primary N) is 1.